The summed E-state index contributed by atoms with van der Waals surface area (Å²) in [6, 6.07) is 15.5. The average Bonchev–Trinajstić information content (AvgIpc) is 2.62. The van der Waals surface area contributed by atoms with Gasteiger partial charge in [-0.25, -0.2) is 9.97 Å². The standard InChI is InChI=1S/C19H21N5O/c1-24(2)15-9-7-14(8-10-15)23-18(25)11-12-20-19-16-5-3-4-6-17(16)21-13-22-19/h3-10,13H,11-12H2,1-2H3,(H,23,25)(H,20,21,22). The molecule has 0 fully saturated rings. The topological polar surface area (TPSA) is 70.2 Å². The lowest BCUT2D eigenvalue weighted by Crippen LogP contribution is -2.17. The van der Waals surface area contributed by atoms with Crippen LogP contribution in [0.5, 0.6) is 0 Å². The van der Waals surface area contributed by atoms with Gasteiger partial charge in [0.05, 0.1) is 5.52 Å². The summed E-state index contributed by atoms with van der Waals surface area (Å²) in [4.78, 5) is 22.6. The molecule has 3 rings (SSSR count). The SMILES string of the molecule is CN(C)c1ccc(NC(=O)CCNc2ncnc3ccccc23)cc1. The molecule has 2 aromatic carbocycles. The van der Waals surface area contributed by atoms with E-state index in [-0.39, 0.29) is 5.91 Å². The van der Waals surface area contributed by atoms with Crippen molar-refractivity contribution in [1.29, 1.82) is 0 Å². The van der Waals surface area contributed by atoms with Crippen LogP contribution < -0.4 is 15.5 Å². The molecule has 0 radical (unpaired) electrons. The molecule has 0 saturated carbocycles. The Balaban J connectivity index is 1.54. The molecule has 0 bridgehead atoms. The zero-order valence-corrected chi connectivity index (χ0v) is 14.4. The summed E-state index contributed by atoms with van der Waals surface area (Å²) >= 11 is 0. The van der Waals surface area contributed by atoms with Crippen LogP contribution in [-0.2, 0) is 4.79 Å². The largest absolute Gasteiger partial charge is 0.378 e. The molecule has 1 heterocycles. The van der Waals surface area contributed by atoms with E-state index < -0.39 is 0 Å². The van der Waals surface area contributed by atoms with Crippen molar-refractivity contribution >= 4 is 34.0 Å². The monoisotopic (exact) mass is 335 g/mol. The lowest BCUT2D eigenvalue weighted by atomic mass is 10.2. The lowest BCUT2D eigenvalue weighted by Gasteiger charge is -2.13. The van der Waals surface area contributed by atoms with Crippen LogP contribution in [0, 0.1) is 0 Å². The lowest BCUT2D eigenvalue weighted by molar-refractivity contribution is -0.115. The fraction of sp³-hybridized carbons (Fsp3) is 0.211. The second kappa shape index (κ2) is 7.61. The Morgan fingerprint density at radius 2 is 1.80 bits per heavy atom. The van der Waals surface area contributed by atoms with Crippen LogP contribution in [0.4, 0.5) is 17.2 Å². The van der Waals surface area contributed by atoms with Crippen molar-refractivity contribution in [3.05, 3.63) is 54.9 Å². The van der Waals surface area contributed by atoms with Crippen LogP contribution in [0.2, 0.25) is 0 Å². The minimum Gasteiger partial charge on any atom is -0.378 e. The van der Waals surface area contributed by atoms with Gasteiger partial charge in [0, 0.05) is 43.8 Å². The Labute approximate surface area is 146 Å². The number of carbonyl (C=O) groups is 1. The number of hydrogen-bond donors (Lipinski definition) is 2. The summed E-state index contributed by atoms with van der Waals surface area (Å²) < 4.78 is 0. The van der Waals surface area contributed by atoms with E-state index in [0.29, 0.717) is 13.0 Å². The summed E-state index contributed by atoms with van der Waals surface area (Å²) in [7, 11) is 3.96. The highest BCUT2D eigenvalue weighted by Gasteiger charge is 2.05. The Hall–Kier alpha value is -3.15. The van der Waals surface area contributed by atoms with Crippen molar-refractivity contribution in [2.75, 3.05) is 36.2 Å². The fourth-order valence-electron chi connectivity index (χ4n) is 2.51. The van der Waals surface area contributed by atoms with E-state index in [4.69, 9.17) is 0 Å². The number of carbonyl (C=O) groups excluding carboxylic acids is 1. The number of para-hydroxylation sites is 1. The van der Waals surface area contributed by atoms with Gasteiger partial charge in [0.1, 0.15) is 12.1 Å². The van der Waals surface area contributed by atoms with E-state index >= 15 is 0 Å². The minimum absolute atomic E-state index is 0.0385. The van der Waals surface area contributed by atoms with Crippen LogP contribution in [-0.4, -0.2) is 36.5 Å². The summed E-state index contributed by atoms with van der Waals surface area (Å²) in [6.07, 6.45) is 1.88. The van der Waals surface area contributed by atoms with Gasteiger partial charge in [-0.15, -0.1) is 0 Å². The maximum Gasteiger partial charge on any atom is 0.226 e. The molecule has 0 spiro atoms. The predicted molar refractivity (Wildman–Crippen MR) is 102 cm³/mol. The first-order valence-electron chi connectivity index (χ1n) is 8.14. The molecule has 0 aliphatic carbocycles. The fourth-order valence-corrected chi connectivity index (χ4v) is 2.51. The van der Waals surface area contributed by atoms with E-state index in [2.05, 4.69) is 20.6 Å². The third-order valence-corrected chi connectivity index (χ3v) is 3.85. The quantitative estimate of drug-likeness (QED) is 0.724. The van der Waals surface area contributed by atoms with Gasteiger partial charge in [-0.05, 0) is 36.4 Å². The van der Waals surface area contributed by atoms with E-state index in [9.17, 15) is 4.79 Å². The first kappa shape index (κ1) is 16.7. The second-order valence-corrected chi connectivity index (χ2v) is 5.91. The third-order valence-electron chi connectivity index (χ3n) is 3.85. The Bertz CT molecular complexity index is 856. The number of nitrogens with one attached hydrogen (secondary N) is 2. The molecule has 0 unspecified atom stereocenters. The minimum atomic E-state index is -0.0385. The van der Waals surface area contributed by atoms with Gasteiger partial charge < -0.3 is 15.5 Å². The predicted octanol–water partition coefficient (Wildman–Crippen LogP) is 3.14. The molecule has 3 aromatic rings. The van der Waals surface area contributed by atoms with Crippen LogP contribution in [0.3, 0.4) is 0 Å². The molecule has 0 saturated heterocycles. The molecule has 25 heavy (non-hydrogen) atoms. The van der Waals surface area contributed by atoms with Gasteiger partial charge in [-0.3, -0.25) is 4.79 Å². The number of rotatable bonds is 6. The zero-order chi connectivity index (χ0) is 17.6. The van der Waals surface area contributed by atoms with Gasteiger partial charge in [-0.1, -0.05) is 12.1 Å². The van der Waals surface area contributed by atoms with Crippen LogP contribution in [0.15, 0.2) is 54.9 Å². The number of hydrogen-bond acceptors (Lipinski definition) is 5. The van der Waals surface area contributed by atoms with Crippen molar-refractivity contribution in [3.8, 4) is 0 Å². The summed E-state index contributed by atoms with van der Waals surface area (Å²) in [5.41, 5.74) is 2.77. The third kappa shape index (κ3) is 4.23. The molecule has 6 nitrogen and oxygen atoms in total. The van der Waals surface area contributed by atoms with Crippen molar-refractivity contribution in [1.82, 2.24) is 9.97 Å². The average molecular weight is 335 g/mol. The summed E-state index contributed by atoms with van der Waals surface area (Å²) in [5, 5.41) is 7.06. The highest BCUT2D eigenvalue weighted by Crippen LogP contribution is 2.18. The van der Waals surface area contributed by atoms with Gasteiger partial charge in [0.15, 0.2) is 0 Å². The Morgan fingerprint density at radius 3 is 2.56 bits per heavy atom. The number of aromatic nitrogens is 2. The van der Waals surface area contributed by atoms with Crippen molar-refractivity contribution in [3.63, 3.8) is 0 Å². The highest BCUT2D eigenvalue weighted by atomic mass is 16.1. The molecule has 0 aliphatic heterocycles. The Morgan fingerprint density at radius 1 is 1.04 bits per heavy atom. The number of benzene rings is 2. The van der Waals surface area contributed by atoms with E-state index in [1.54, 1.807) is 0 Å². The Kier molecular flexibility index (Phi) is 5.09. The zero-order valence-electron chi connectivity index (χ0n) is 14.4. The van der Waals surface area contributed by atoms with Crippen molar-refractivity contribution in [2.24, 2.45) is 0 Å². The number of anilines is 3. The van der Waals surface area contributed by atoms with Crippen LogP contribution in [0.25, 0.3) is 10.9 Å². The molecule has 0 atom stereocenters. The number of fused-ring (bicyclic) bond motifs is 1. The molecule has 2 N–H and O–H groups in total. The van der Waals surface area contributed by atoms with Gasteiger partial charge >= 0.3 is 0 Å². The van der Waals surface area contributed by atoms with Gasteiger partial charge in [-0.2, -0.15) is 0 Å². The molecule has 0 aliphatic rings. The molecule has 1 amide bonds. The van der Waals surface area contributed by atoms with Gasteiger partial charge in [0.25, 0.3) is 0 Å². The smallest absolute Gasteiger partial charge is 0.226 e. The van der Waals surface area contributed by atoms with Gasteiger partial charge in [0.2, 0.25) is 5.91 Å². The van der Waals surface area contributed by atoms with Crippen molar-refractivity contribution in [2.45, 2.75) is 6.42 Å². The molecular formula is C19H21N5O. The van der Waals surface area contributed by atoms with E-state index in [0.717, 1.165) is 28.1 Å². The first-order chi connectivity index (χ1) is 12.1. The van der Waals surface area contributed by atoms with Crippen LogP contribution in [0.1, 0.15) is 6.42 Å². The highest BCUT2D eigenvalue weighted by molar-refractivity contribution is 5.92. The normalized spacial score (nSPS) is 10.5. The molecular weight excluding hydrogens is 314 g/mol. The first-order valence-corrected chi connectivity index (χ1v) is 8.14. The van der Waals surface area contributed by atoms with E-state index in [1.807, 2.05) is 67.5 Å². The molecule has 6 heteroatoms. The maximum atomic E-state index is 12.1. The summed E-state index contributed by atoms with van der Waals surface area (Å²) in [5.74, 6) is 0.706. The van der Waals surface area contributed by atoms with E-state index in [1.165, 1.54) is 6.33 Å². The van der Waals surface area contributed by atoms with Crippen LogP contribution >= 0.6 is 0 Å². The summed E-state index contributed by atoms with van der Waals surface area (Å²) in [6.45, 7) is 0.503. The number of nitrogens with zero attached hydrogens (tertiary/aromatic N) is 3. The molecule has 128 valence electrons. The number of amides is 1. The van der Waals surface area contributed by atoms with Crippen molar-refractivity contribution < 1.29 is 4.79 Å². The maximum absolute atomic E-state index is 12.1. The molecule has 1 aromatic heterocycles. The second-order valence-electron chi connectivity index (χ2n) is 5.91.